The minimum Gasteiger partial charge on any atom is -0.473 e. The number of aromatic nitrogens is 4. The van der Waals surface area contributed by atoms with Gasteiger partial charge in [-0.2, -0.15) is 5.10 Å². The van der Waals surface area contributed by atoms with Crippen LogP contribution in [0, 0.1) is 0 Å². The fourth-order valence-corrected chi connectivity index (χ4v) is 5.14. The van der Waals surface area contributed by atoms with Crippen molar-refractivity contribution in [2.45, 2.75) is 36.3 Å². The van der Waals surface area contributed by atoms with Crippen LogP contribution in [0.25, 0.3) is 0 Å². The van der Waals surface area contributed by atoms with Gasteiger partial charge in [0.05, 0.1) is 22.4 Å². The van der Waals surface area contributed by atoms with Crippen LogP contribution in [-0.4, -0.2) is 48.9 Å². The molecule has 0 bridgehead atoms. The van der Waals surface area contributed by atoms with Crippen molar-refractivity contribution in [1.82, 2.24) is 20.4 Å². The molecule has 206 valence electrons. The Morgan fingerprint density at radius 2 is 1.62 bits per heavy atom. The Morgan fingerprint density at radius 3 is 2.25 bits per heavy atom. The van der Waals surface area contributed by atoms with Gasteiger partial charge >= 0.3 is 0 Å². The fourth-order valence-electron chi connectivity index (χ4n) is 4.03. The number of nitrogens with zero attached hydrogens (tertiary/aromatic N) is 5. The largest absolute Gasteiger partial charge is 0.473 e. The smallest absolute Gasteiger partial charge is 0.233 e. The number of piperidine rings is 1. The Labute approximate surface area is 246 Å². The van der Waals surface area contributed by atoms with Crippen LogP contribution in [0.3, 0.4) is 0 Å². The van der Waals surface area contributed by atoms with Crippen LogP contribution in [0.5, 0.6) is 5.88 Å². The molecule has 2 N–H and O–H groups in total. The predicted octanol–water partition coefficient (Wildman–Crippen LogP) is 4.90. The van der Waals surface area contributed by atoms with Crippen LogP contribution in [-0.2, 0) is 16.0 Å². The molecule has 0 saturated carbocycles. The van der Waals surface area contributed by atoms with Crippen LogP contribution >= 0.6 is 22.6 Å². The van der Waals surface area contributed by atoms with Gasteiger partial charge in [0, 0.05) is 32.4 Å². The molecule has 0 radical (unpaired) electrons. The van der Waals surface area contributed by atoms with Gasteiger partial charge in [0.1, 0.15) is 6.10 Å². The monoisotopic (exact) mass is 651 g/mol. The number of hydrogen-bond acceptors (Lipinski definition) is 8. The van der Waals surface area contributed by atoms with Gasteiger partial charge in [0.2, 0.25) is 17.7 Å². The second-order valence-electron chi connectivity index (χ2n) is 8.96. The summed E-state index contributed by atoms with van der Waals surface area (Å²) in [6, 6.07) is 26.6. The fraction of sp³-hybridized carbons (Fsp3) is 0.241. The zero-order chi connectivity index (χ0) is 28.2. The lowest BCUT2D eigenvalue weighted by Gasteiger charge is -2.37. The molecular formula is C29H30IN7O3. The number of halogens is 1. The van der Waals surface area contributed by atoms with E-state index in [9.17, 15) is 9.59 Å². The van der Waals surface area contributed by atoms with Gasteiger partial charge in [-0.1, -0.05) is 89.3 Å². The molecule has 1 aliphatic heterocycles. The van der Waals surface area contributed by atoms with Crippen molar-refractivity contribution in [3.63, 3.8) is 0 Å². The third-order valence-corrected chi connectivity index (χ3v) is 7.02. The van der Waals surface area contributed by atoms with Crippen molar-refractivity contribution in [2.24, 2.45) is 0 Å². The number of anilines is 3. The molecule has 2 unspecified atom stereocenters. The normalized spacial score (nSPS) is 16.2. The van der Waals surface area contributed by atoms with Crippen molar-refractivity contribution in [3.05, 3.63) is 96.7 Å². The third kappa shape index (κ3) is 8.97. The molecule has 1 aliphatic rings. The van der Waals surface area contributed by atoms with Gasteiger partial charge in [-0.15, -0.1) is 15.3 Å². The molecule has 2 aromatic carbocycles. The summed E-state index contributed by atoms with van der Waals surface area (Å²) in [7, 11) is 0. The second kappa shape index (κ2) is 14.9. The summed E-state index contributed by atoms with van der Waals surface area (Å²) >= 11 is 2.34. The van der Waals surface area contributed by atoms with Crippen molar-refractivity contribution in [2.75, 3.05) is 22.1 Å². The maximum Gasteiger partial charge on any atom is 0.233 e. The molecule has 2 amide bonds. The van der Waals surface area contributed by atoms with E-state index in [0.29, 0.717) is 29.7 Å². The highest BCUT2D eigenvalue weighted by molar-refractivity contribution is 14.1. The van der Waals surface area contributed by atoms with E-state index < -0.39 is 0 Å². The Morgan fingerprint density at radius 1 is 0.925 bits per heavy atom. The van der Waals surface area contributed by atoms with Crippen molar-refractivity contribution >= 4 is 51.7 Å². The summed E-state index contributed by atoms with van der Waals surface area (Å²) in [6.07, 6.45) is 3.25. The molecule has 2 atom stereocenters. The second-order valence-corrected chi connectivity index (χ2v) is 10.4. The number of carbonyl (C=O) groups is 2. The number of benzene rings is 2. The standard InChI is InChI=1S/C23H24IN7O3.C6H6/c1-15(32)26-18-9-11-25-30-23(18)31-12-10-17(14-19(31)24)34-22-8-7-20(28-29-22)27-21(33)13-16-5-3-2-4-6-16;1-2-4-6-5-3-1/h2-9,11,17,19H,10,12-14H2,1H3,(H,25,26,32)(H,27,28,33);1-6H. The number of hydrogen-bond donors (Lipinski definition) is 2. The highest BCUT2D eigenvalue weighted by Gasteiger charge is 2.30. The van der Waals surface area contributed by atoms with Gasteiger partial charge in [0.25, 0.3) is 0 Å². The molecule has 11 heteroatoms. The molecule has 0 aliphatic carbocycles. The number of nitrogens with one attached hydrogen (secondary N) is 2. The maximum atomic E-state index is 12.2. The predicted molar refractivity (Wildman–Crippen MR) is 162 cm³/mol. The first-order valence-corrected chi connectivity index (χ1v) is 14.1. The third-order valence-electron chi connectivity index (χ3n) is 5.84. The molecule has 5 rings (SSSR count). The molecule has 3 heterocycles. The molecule has 1 saturated heterocycles. The van der Waals surface area contributed by atoms with Crippen LogP contribution < -0.4 is 20.3 Å². The Hall–Kier alpha value is -4.13. The van der Waals surface area contributed by atoms with E-state index in [4.69, 9.17) is 4.74 Å². The maximum absolute atomic E-state index is 12.2. The Balaban J connectivity index is 0.000000546. The molecule has 4 aromatic rings. The number of amides is 2. The molecule has 10 nitrogen and oxygen atoms in total. The summed E-state index contributed by atoms with van der Waals surface area (Å²) in [5.74, 6) is 1.11. The van der Waals surface area contributed by atoms with E-state index >= 15 is 0 Å². The molecular weight excluding hydrogens is 621 g/mol. The highest BCUT2D eigenvalue weighted by Crippen LogP contribution is 2.32. The summed E-state index contributed by atoms with van der Waals surface area (Å²) < 4.78 is 6.12. The first-order chi connectivity index (χ1) is 19.5. The molecule has 1 fully saturated rings. The van der Waals surface area contributed by atoms with Crippen molar-refractivity contribution in [1.29, 1.82) is 0 Å². The highest BCUT2D eigenvalue weighted by atomic mass is 127. The minimum atomic E-state index is -0.157. The quantitative estimate of drug-likeness (QED) is 0.165. The summed E-state index contributed by atoms with van der Waals surface area (Å²) in [6.45, 7) is 2.15. The zero-order valence-corrected chi connectivity index (χ0v) is 24.1. The van der Waals surface area contributed by atoms with Gasteiger partial charge in [-0.05, 0) is 17.7 Å². The number of rotatable bonds is 7. The lowest BCUT2D eigenvalue weighted by molar-refractivity contribution is -0.116. The van der Waals surface area contributed by atoms with E-state index in [2.05, 4.69) is 58.5 Å². The average Bonchev–Trinajstić information content (AvgIpc) is 2.96. The van der Waals surface area contributed by atoms with Gasteiger partial charge in [0.15, 0.2) is 11.6 Å². The van der Waals surface area contributed by atoms with E-state index in [1.54, 1.807) is 24.4 Å². The van der Waals surface area contributed by atoms with E-state index in [-0.39, 0.29) is 28.4 Å². The molecule has 2 aromatic heterocycles. The zero-order valence-electron chi connectivity index (χ0n) is 22.0. The first kappa shape index (κ1) is 28.9. The van der Waals surface area contributed by atoms with Crippen molar-refractivity contribution < 1.29 is 14.3 Å². The first-order valence-electron chi connectivity index (χ1n) is 12.8. The number of alkyl halides is 1. The molecule has 0 spiro atoms. The number of carbonyl (C=O) groups excluding carboxylic acids is 2. The number of ether oxygens (including phenoxy) is 1. The lowest BCUT2D eigenvalue weighted by Crippen LogP contribution is -2.43. The average molecular weight is 652 g/mol. The van der Waals surface area contributed by atoms with E-state index in [0.717, 1.165) is 18.4 Å². The van der Waals surface area contributed by atoms with E-state index in [1.807, 2.05) is 66.7 Å². The Kier molecular flexibility index (Phi) is 10.7. The van der Waals surface area contributed by atoms with Crippen LogP contribution in [0.4, 0.5) is 17.3 Å². The minimum absolute atomic E-state index is 0.0492. The van der Waals surface area contributed by atoms with Crippen LogP contribution in [0.15, 0.2) is 91.1 Å². The summed E-state index contributed by atoms with van der Waals surface area (Å²) in [5, 5.41) is 21.9. The SMILES string of the molecule is CC(=O)Nc1ccnnc1N1CCC(Oc2ccc(NC(=O)Cc3ccccc3)nn2)CC1I.c1ccccc1. The van der Waals surface area contributed by atoms with Crippen molar-refractivity contribution in [3.8, 4) is 5.88 Å². The topological polar surface area (TPSA) is 122 Å². The van der Waals surface area contributed by atoms with Crippen LogP contribution in [0.2, 0.25) is 0 Å². The summed E-state index contributed by atoms with van der Waals surface area (Å²) in [4.78, 5) is 25.8. The van der Waals surface area contributed by atoms with Crippen LogP contribution in [0.1, 0.15) is 25.3 Å². The van der Waals surface area contributed by atoms with Gasteiger partial charge in [-0.3, -0.25) is 9.59 Å². The molecule has 40 heavy (non-hydrogen) atoms. The van der Waals surface area contributed by atoms with E-state index in [1.165, 1.54) is 6.92 Å². The Bertz CT molecular complexity index is 1330. The van der Waals surface area contributed by atoms with Gasteiger partial charge < -0.3 is 20.3 Å². The summed E-state index contributed by atoms with van der Waals surface area (Å²) in [5.41, 5.74) is 1.57. The lowest BCUT2D eigenvalue weighted by atomic mass is 10.1. The van der Waals surface area contributed by atoms with Gasteiger partial charge in [-0.25, -0.2) is 0 Å².